The fourth-order valence-corrected chi connectivity index (χ4v) is 17.5. The SMILES string of the molecule is COC(=O)C1(c2cc(Cl)cc(C3OCCO3)c2)CCOCC1.COC(=O)C1CCOCC1.COCC1(c2cc(Cl)cc(C3OCCO3)c2)CCOCC1.COCC1(c2cc(Cl)cc(C=O)c2)CCOCC1.Clc1cc(Br)cc(C2OCCO2)c1.O=Cc1cc(Cl)cc(Br)c1.OCC1(c2cc(Cl)cc(C3OCCO3)c2)CCOCC1.OCCO. The van der Waals surface area contributed by atoms with Crippen LogP contribution in [0.25, 0.3) is 0 Å². The Morgan fingerprint density at radius 2 is 0.678 bits per heavy atom. The van der Waals surface area contributed by atoms with Crippen molar-refractivity contribution in [2.24, 2.45) is 5.92 Å². The first-order chi connectivity index (χ1) is 57.0. The van der Waals surface area contributed by atoms with Crippen molar-refractivity contribution >= 4 is 126 Å². The van der Waals surface area contributed by atoms with Gasteiger partial charge in [0.25, 0.3) is 0 Å². The van der Waals surface area contributed by atoms with Crippen molar-refractivity contribution in [1.82, 2.24) is 0 Å². The molecule has 0 saturated carbocycles. The van der Waals surface area contributed by atoms with Crippen LogP contribution in [0.3, 0.4) is 0 Å². The molecular formula is C86H106Br2Cl6O24. The van der Waals surface area contributed by atoms with Gasteiger partial charge in [0.05, 0.1) is 111 Å². The summed E-state index contributed by atoms with van der Waals surface area (Å²) in [6.07, 6.45) is 8.29. The van der Waals surface area contributed by atoms with Gasteiger partial charge in [0.1, 0.15) is 12.6 Å². The molecule has 15 rings (SSSR count). The lowest BCUT2D eigenvalue weighted by molar-refractivity contribution is -0.151. The largest absolute Gasteiger partial charge is 0.469 e. The van der Waals surface area contributed by atoms with Crippen molar-refractivity contribution < 1.29 is 115 Å². The molecule has 32 heteroatoms. The number of aliphatic hydroxyl groups excluding tert-OH is 3. The van der Waals surface area contributed by atoms with Crippen LogP contribution in [0.15, 0.2) is 118 Å². The number of esters is 2. The minimum atomic E-state index is -0.717. The third kappa shape index (κ3) is 29.9. The van der Waals surface area contributed by atoms with Crippen LogP contribution in [-0.4, -0.2) is 220 Å². The van der Waals surface area contributed by atoms with Gasteiger partial charge < -0.3 is 95.8 Å². The summed E-state index contributed by atoms with van der Waals surface area (Å²) >= 11 is 43.0. The highest BCUT2D eigenvalue weighted by molar-refractivity contribution is 9.10. The number of aldehydes is 2. The molecule has 0 unspecified atom stereocenters. The average molecular weight is 1900 g/mol. The van der Waals surface area contributed by atoms with Gasteiger partial charge >= 0.3 is 11.9 Å². The van der Waals surface area contributed by atoms with E-state index in [4.69, 9.17) is 156 Å². The predicted octanol–water partition coefficient (Wildman–Crippen LogP) is 16.6. The van der Waals surface area contributed by atoms with E-state index >= 15 is 0 Å². The van der Waals surface area contributed by atoms with Crippen molar-refractivity contribution in [3.05, 3.63) is 204 Å². The Morgan fingerprint density at radius 1 is 0.373 bits per heavy atom. The van der Waals surface area contributed by atoms with Gasteiger partial charge in [-0.05, 0) is 196 Å². The van der Waals surface area contributed by atoms with Crippen LogP contribution in [0.4, 0.5) is 0 Å². The molecule has 0 aromatic heterocycles. The minimum Gasteiger partial charge on any atom is -0.469 e. The summed E-state index contributed by atoms with van der Waals surface area (Å²) in [6, 6.07) is 33.7. The smallest absolute Gasteiger partial charge is 0.316 e. The molecular weight excluding hydrogens is 1790 g/mol. The number of halogens is 8. The minimum absolute atomic E-state index is 0.0365. The molecule has 0 aliphatic carbocycles. The number of carbonyl (C=O) groups is 4. The Hall–Kier alpha value is -4.42. The lowest BCUT2D eigenvalue weighted by Crippen LogP contribution is -2.42. The summed E-state index contributed by atoms with van der Waals surface area (Å²) in [5.74, 6) is -0.265. The van der Waals surface area contributed by atoms with Crippen LogP contribution in [0.2, 0.25) is 30.1 Å². The van der Waals surface area contributed by atoms with Gasteiger partial charge in [-0.3, -0.25) is 19.2 Å². The van der Waals surface area contributed by atoms with Crippen LogP contribution in [0.1, 0.15) is 155 Å². The first kappa shape index (κ1) is 99.0. The quantitative estimate of drug-likeness (QED) is 0.0532. The zero-order valence-electron chi connectivity index (χ0n) is 66.7. The standard InChI is InChI=1S/C16H19ClO5.C16H21ClO4.C15H19ClO4.C14H17ClO3.C9H8BrClO2.C7H4BrClO.C7H12O3.C2H6O2/c1-19-15(18)16(2-4-20-5-3-16)12-8-11(9-13(17)10-12)14-21-6-7-22-14;1-18-11-16(2-4-19-5-3-16)13-8-12(9-14(17)10-13)15-20-6-7-21-15;16-13-8-11(14-19-5-6-20-14)7-12(9-13)15(10-17)1-3-18-4-2-15;1-17-10-14(2-4-18-5-3-14)12-6-11(9-16)7-13(15)8-12;10-7-3-6(4-8(11)5-7)9-12-1-2-13-9;8-6-1-5(4-10)2-7(9)3-6;1-9-7(8)6-2-4-10-5-3-6;3-1-2-4/h8-10,14H,2-7H2,1H3;8-10,15H,2-7,11H2,1H3;7-9,14,17H,1-6,10H2;6-9H,2-5,10H2,1H3;3-5,9H,1-2H2;1-4H;6H,2-5H2,1H3;3-4H,1-2H2. The fraction of sp³-hybridized carbons (Fsp3) is 0.535. The van der Waals surface area contributed by atoms with E-state index in [1.165, 1.54) is 19.8 Å². The number of rotatable bonds is 18. The average Bonchev–Trinajstić information content (AvgIpc) is 0.790. The second-order valence-electron chi connectivity index (χ2n) is 28.8. The van der Waals surface area contributed by atoms with E-state index in [1.54, 1.807) is 38.5 Å². The molecule has 9 aliphatic rings. The van der Waals surface area contributed by atoms with E-state index in [1.807, 2.05) is 78.9 Å². The van der Waals surface area contributed by atoms with Crippen molar-refractivity contribution in [3.8, 4) is 0 Å². The number of benzene rings is 6. The van der Waals surface area contributed by atoms with Crippen LogP contribution in [0, 0.1) is 5.92 Å². The van der Waals surface area contributed by atoms with Gasteiger partial charge in [-0.2, -0.15) is 0 Å². The zero-order chi connectivity index (χ0) is 84.9. The second-order valence-corrected chi connectivity index (χ2v) is 33.2. The van der Waals surface area contributed by atoms with Crippen LogP contribution in [0.5, 0.6) is 0 Å². The monoisotopic (exact) mass is 1890 g/mol. The molecule has 0 radical (unpaired) electrons. The lowest BCUT2D eigenvalue weighted by atomic mass is 9.74. The summed E-state index contributed by atoms with van der Waals surface area (Å²) in [4.78, 5) is 44.5. The third-order valence-corrected chi connectivity index (χ3v) is 23.2. The molecule has 9 aliphatic heterocycles. The van der Waals surface area contributed by atoms with Gasteiger partial charge in [0.2, 0.25) is 0 Å². The topological polar surface area (TPSA) is 286 Å². The first-order valence-electron chi connectivity index (χ1n) is 38.9. The molecule has 650 valence electrons. The van der Waals surface area contributed by atoms with E-state index in [-0.39, 0.29) is 72.8 Å². The molecule has 6 aromatic carbocycles. The van der Waals surface area contributed by atoms with Crippen molar-refractivity contribution in [2.45, 2.75) is 111 Å². The van der Waals surface area contributed by atoms with Crippen LogP contribution >= 0.6 is 101 Å². The molecule has 0 bridgehead atoms. The second kappa shape index (κ2) is 51.7. The van der Waals surface area contributed by atoms with E-state index in [2.05, 4.69) is 42.7 Å². The number of hydrogen-bond donors (Lipinski definition) is 3. The number of ether oxygens (including phenoxy) is 17. The first-order valence-corrected chi connectivity index (χ1v) is 42.8. The normalized spacial score (nSPS) is 19.6. The molecule has 118 heavy (non-hydrogen) atoms. The van der Waals surface area contributed by atoms with Crippen LogP contribution in [-0.2, 0) is 112 Å². The highest BCUT2D eigenvalue weighted by atomic mass is 79.9. The fourth-order valence-electron chi connectivity index (χ4n) is 14.7. The maximum absolute atomic E-state index is 12.4. The molecule has 24 nitrogen and oxygen atoms in total. The summed E-state index contributed by atoms with van der Waals surface area (Å²) < 4.78 is 93.1. The van der Waals surface area contributed by atoms with Crippen molar-refractivity contribution in [1.29, 1.82) is 0 Å². The predicted molar refractivity (Wildman–Crippen MR) is 453 cm³/mol. The van der Waals surface area contributed by atoms with Gasteiger partial charge in [-0.1, -0.05) is 101 Å². The summed E-state index contributed by atoms with van der Waals surface area (Å²) in [5, 5.41) is 28.9. The van der Waals surface area contributed by atoms with Gasteiger partial charge in [-0.15, -0.1) is 0 Å². The third-order valence-electron chi connectivity index (χ3n) is 21.0. The number of hydrogen-bond acceptors (Lipinski definition) is 24. The van der Waals surface area contributed by atoms with E-state index in [0.29, 0.717) is 173 Å². The summed E-state index contributed by atoms with van der Waals surface area (Å²) in [7, 11) is 6.28. The summed E-state index contributed by atoms with van der Waals surface area (Å²) in [6.45, 7) is 12.7. The molecule has 9 saturated heterocycles. The number of aliphatic hydroxyl groups is 3. The maximum atomic E-state index is 12.4. The van der Waals surface area contributed by atoms with Gasteiger partial charge in [0, 0.05) is 169 Å². The molecule has 0 atom stereocenters. The zero-order valence-corrected chi connectivity index (χ0v) is 74.4. The Morgan fingerprint density at radius 3 is 1.03 bits per heavy atom. The highest BCUT2D eigenvalue weighted by Gasteiger charge is 2.44. The molecule has 9 fully saturated rings. The maximum Gasteiger partial charge on any atom is 0.316 e. The van der Waals surface area contributed by atoms with Crippen molar-refractivity contribution in [2.75, 3.05) is 180 Å². The molecule has 0 amide bonds. The molecule has 3 N–H and O–H groups in total. The Balaban J connectivity index is 0.000000173. The van der Waals surface area contributed by atoms with E-state index < -0.39 is 11.7 Å². The molecule has 0 spiro atoms. The van der Waals surface area contributed by atoms with Crippen LogP contribution < -0.4 is 0 Å². The Bertz CT molecular complexity index is 3980. The van der Waals surface area contributed by atoms with Gasteiger partial charge in [0.15, 0.2) is 25.2 Å². The van der Waals surface area contributed by atoms with Crippen molar-refractivity contribution in [3.63, 3.8) is 0 Å². The number of methoxy groups -OCH3 is 4. The Labute approximate surface area is 736 Å². The van der Waals surface area contributed by atoms with Gasteiger partial charge in [-0.25, -0.2) is 0 Å². The lowest BCUT2D eigenvalue weighted by Gasteiger charge is -2.37. The molecule has 9 heterocycles. The Kier molecular flexibility index (Phi) is 43.4. The van der Waals surface area contributed by atoms with E-state index in [9.17, 15) is 24.3 Å². The summed E-state index contributed by atoms with van der Waals surface area (Å²) in [5.41, 5.74) is 7.92. The molecule has 6 aromatic rings. The number of carbonyl (C=O) groups excluding carboxylic acids is 4. The highest BCUT2D eigenvalue weighted by Crippen LogP contribution is 2.44. The van der Waals surface area contributed by atoms with E-state index in [0.717, 1.165) is 125 Å².